The summed E-state index contributed by atoms with van der Waals surface area (Å²) in [6, 6.07) is 0.386. The second-order valence-electron chi connectivity index (χ2n) is 12.0. The zero-order chi connectivity index (χ0) is 26.9. The van der Waals surface area contributed by atoms with Crippen molar-refractivity contribution in [3.63, 3.8) is 0 Å². The molecule has 0 aromatic rings. The number of ketones is 1. The van der Waals surface area contributed by atoms with Crippen LogP contribution in [0.3, 0.4) is 0 Å². The lowest BCUT2D eigenvalue weighted by molar-refractivity contribution is -0.121. The average Bonchev–Trinajstić information content (AvgIpc) is 3.58. The van der Waals surface area contributed by atoms with Gasteiger partial charge in [-0.05, 0) is 37.4 Å². The summed E-state index contributed by atoms with van der Waals surface area (Å²) in [6.07, 6.45) is 8.10. The molecule has 6 aliphatic rings. The number of fused-ring (bicyclic) bond motifs is 1. The second-order valence-corrected chi connectivity index (χ2v) is 14.4. The van der Waals surface area contributed by atoms with Crippen LogP contribution < -0.4 is 27.4 Å². The molecule has 218 valence electrons. The van der Waals surface area contributed by atoms with E-state index >= 15 is 0 Å². The van der Waals surface area contributed by atoms with E-state index in [4.69, 9.17) is 20.9 Å². The molecular weight excluding hydrogens is 536 g/mol. The van der Waals surface area contributed by atoms with Gasteiger partial charge < -0.3 is 41.8 Å². The third-order valence-corrected chi connectivity index (χ3v) is 12.2. The van der Waals surface area contributed by atoms with E-state index in [1.165, 1.54) is 12.8 Å². The van der Waals surface area contributed by atoms with Crippen LogP contribution in [0.4, 0.5) is 0 Å². The first kappa shape index (κ1) is 28.1. The highest BCUT2D eigenvalue weighted by molar-refractivity contribution is 8.01. The van der Waals surface area contributed by atoms with Crippen molar-refractivity contribution in [2.75, 3.05) is 44.4 Å². The number of morpholine rings is 1. The van der Waals surface area contributed by atoms with Gasteiger partial charge in [0.1, 0.15) is 17.4 Å². The van der Waals surface area contributed by atoms with Crippen LogP contribution >= 0.6 is 23.5 Å². The summed E-state index contributed by atoms with van der Waals surface area (Å²) in [5.74, 6) is 3.40. The molecule has 39 heavy (non-hydrogen) atoms. The number of carbonyl (C=O) groups is 2. The fraction of sp³-hybridized carbons (Fsp3) is 0.852. The van der Waals surface area contributed by atoms with Crippen molar-refractivity contribution < 1.29 is 19.1 Å². The van der Waals surface area contributed by atoms with Gasteiger partial charge in [0.25, 0.3) is 0 Å². The number of thioether (sulfide) groups is 2. The SMILES string of the molecule is NC(=O)C1NCC(N[C@H]2CCCC[C@H]2N)CC1NC1CC(C2CSC3C(=O)C=C(N4CCOCC4)OC32)CS1. The van der Waals surface area contributed by atoms with E-state index in [0.29, 0.717) is 31.1 Å². The minimum absolute atomic E-state index is 0.0288. The number of nitrogens with zero attached hydrogens (tertiary/aromatic N) is 1. The van der Waals surface area contributed by atoms with Gasteiger partial charge >= 0.3 is 0 Å². The summed E-state index contributed by atoms with van der Waals surface area (Å²) in [7, 11) is 0. The van der Waals surface area contributed by atoms with Crippen molar-refractivity contribution in [2.45, 2.75) is 85.5 Å². The van der Waals surface area contributed by atoms with Gasteiger partial charge in [0.05, 0.1) is 18.6 Å². The summed E-state index contributed by atoms with van der Waals surface area (Å²) < 4.78 is 12.0. The Bertz CT molecular complexity index is 936. The van der Waals surface area contributed by atoms with E-state index in [9.17, 15) is 9.59 Å². The smallest absolute Gasteiger partial charge is 0.236 e. The predicted octanol–water partition coefficient (Wildman–Crippen LogP) is -0.0278. The topological polar surface area (TPSA) is 144 Å². The highest BCUT2D eigenvalue weighted by atomic mass is 32.2. The number of rotatable bonds is 7. The van der Waals surface area contributed by atoms with E-state index in [1.54, 1.807) is 17.8 Å². The van der Waals surface area contributed by atoms with Gasteiger partial charge in [0, 0.05) is 61.5 Å². The van der Waals surface area contributed by atoms with E-state index < -0.39 is 0 Å². The Morgan fingerprint density at radius 3 is 2.69 bits per heavy atom. The zero-order valence-electron chi connectivity index (χ0n) is 22.6. The molecule has 6 rings (SSSR count). The number of nitrogens with two attached hydrogens (primary N) is 2. The highest BCUT2D eigenvalue weighted by Gasteiger charge is 2.50. The van der Waals surface area contributed by atoms with Gasteiger partial charge in [-0.15, -0.1) is 23.5 Å². The molecule has 12 heteroatoms. The Kier molecular flexibility index (Phi) is 8.98. The molecule has 1 amide bonds. The third kappa shape index (κ3) is 6.27. The molecule has 10 atom stereocenters. The van der Waals surface area contributed by atoms with Crippen LogP contribution in [0.25, 0.3) is 0 Å². The Morgan fingerprint density at radius 1 is 1.08 bits per heavy atom. The molecule has 0 aromatic heterocycles. The molecule has 0 aromatic carbocycles. The first-order valence-corrected chi connectivity index (χ1v) is 16.8. The predicted molar refractivity (Wildman–Crippen MR) is 154 cm³/mol. The molecule has 4 saturated heterocycles. The number of primary amides is 1. The van der Waals surface area contributed by atoms with E-state index in [1.807, 2.05) is 11.8 Å². The fourth-order valence-corrected chi connectivity index (χ4v) is 10.3. The molecular formula is C27H44N6O4S2. The van der Waals surface area contributed by atoms with Crippen LogP contribution in [0.1, 0.15) is 38.5 Å². The third-order valence-electron chi connectivity index (χ3n) is 9.45. The molecule has 5 fully saturated rings. The van der Waals surface area contributed by atoms with Gasteiger partial charge in [-0.2, -0.15) is 0 Å². The fourth-order valence-electron chi connectivity index (χ4n) is 7.25. The van der Waals surface area contributed by atoms with Gasteiger partial charge in [-0.1, -0.05) is 12.8 Å². The quantitative estimate of drug-likeness (QED) is 0.277. The first-order valence-electron chi connectivity index (χ1n) is 14.7. The number of carbonyl (C=O) groups excluding carboxylic acids is 2. The van der Waals surface area contributed by atoms with Gasteiger partial charge in [-0.3, -0.25) is 9.59 Å². The van der Waals surface area contributed by atoms with Crippen molar-refractivity contribution >= 4 is 35.2 Å². The lowest BCUT2D eigenvalue weighted by atomic mass is 9.85. The molecule has 1 aliphatic carbocycles. The molecule has 8 unspecified atom stereocenters. The number of hydrogen-bond acceptors (Lipinski definition) is 11. The summed E-state index contributed by atoms with van der Waals surface area (Å²) >= 11 is 3.68. The minimum Gasteiger partial charge on any atom is -0.474 e. The summed E-state index contributed by atoms with van der Waals surface area (Å²) in [4.78, 5) is 27.5. The molecule has 0 radical (unpaired) electrons. The Labute approximate surface area is 239 Å². The van der Waals surface area contributed by atoms with E-state index in [-0.39, 0.29) is 52.6 Å². The van der Waals surface area contributed by atoms with Crippen molar-refractivity contribution in [3.8, 4) is 0 Å². The Morgan fingerprint density at radius 2 is 1.90 bits per heavy atom. The molecule has 0 bridgehead atoms. The monoisotopic (exact) mass is 580 g/mol. The molecule has 10 nitrogen and oxygen atoms in total. The number of nitrogens with one attached hydrogen (secondary N) is 3. The maximum atomic E-state index is 13.0. The van der Waals surface area contributed by atoms with Crippen LogP contribution in [0.15, 0.2) is 12.0 Å². The van der Waals surface area contributed by atoms with Crippen LogP contribution in [0.5, 0.6) is 0 Å². The molecule has 7 N–H and O–H groups in total. The number of amides is 1. The van der Waals surface area contributed by atoms with Gasteiger partial charge in [0.15, 0.2) is 11.7 Å². The van der Waals surface area contributed by atoms with Crippen LogP contribution in [-0.2, 0) is 19.1 Å². The van der Waals surface area contributed by atoms with Crippen LogP contribution in [0.2, 0.25) is 0 Å². The normalized spacial score (nSPS) is 43.1. The molecule has 0 spiro atoms. The maximum absolute atomic E-state index is 13.0. The standard InChI is InChI=1S/C27H44N6O4S2/c28-18-3-1-2-4-19(18)31-16-10-20(24(27(29)35)30-12-16)32-22-9-15(13-38-22)17-14-39-26-21(34)11-23(37-25(17)26)33-5-7-36-8-6-33/h11,15-20,22,24-26,30-32H,1-10,12-14,28H2,(H2,29,35)/t15?,16?,17?,18-,19+,20?,22?,24?,25?,26?/m1/s1. The second kappa shape index (κ2) is 12.5. The van der Waals surface area contributed by atoms with Gasteiger partial charge in [0.2, 0.25) is 5.91 Å². The average molecular weight is 581 g/mol. The number of piperidine rings is 1. The number of allylic oxidation sites excluding steroid dienone is 1. The minimum atomic E-state index is -0.380. The van der Waals surface area contributed by atoms with Crippen molar-refractivity contribution in [1.29, 1.82) is 0 Å². The summed E-state index contributed by atoms with van der Waals surface area (Å²) in [5, 5.41) is 11.1. The van der Waals surface area contributed by atoms with E-state index in [0.717, 1.165) is 62.7 Å². The number of ether oxygens (including phenoxy) is 2. The number of hydrogen-bond donors (Lipinski definition) is 5. The highest BCUT2D eigenvalue weighted by Crippen LogP contribution is 2.47. The largest absolute Gasteiger partial charge is 0.474 e. The van der Waals surface area contributed by atoms with Crippen molar-refractivity contribution in [2.24, 2.45) is 23.3 Å². The van der Waals surface area contributed by atoms with Gasteiger partial charge in [-0.25, -0.2) is 0 Å². The van der Waals surface area contributed by atoms with Crippen LogP contribution in [0, 0.1) is 11.8 Å². The van der Waals surface area contributed by atoms with Crippen molar-refractivity contribution in [1.82, 2.24) is 20.9 Å². The maximum Gasteiger partial charge on any atom is 0.236 e. The summed E-state index contributed by atoms with van der Waals surface area (Å²) in [5.41, 5.74) is 12.2. The Hall–Kier alpha value is -1.02. The zero-order valence-corrected chi connectivity index (χ0v) is 24.2. The Balaban J connectivity index is 1.06. The van der Waals surface area contributed by atoms with Crippen LogP contribution in [-0.4, -0.2) is 108 Å². The van der Waals surface area contributed by atoms with Crippen molar-refractivity contribution in [3.05, 3.63) is 12.0 Å². The molecule has 1 saturated carbocycles. The molecule has 5 heterocycles. The first-order chi connectivity index (χ1) is 19.0. The van der Waals surface area contributed by atoms with E-state index in [2.05, 4.69) is 20.9 Å². The molecule has 5 aliphatic heterocycles. The lowest BCUT2D eigenvalue weighted by Crippen LogP contribution is -2.66. The lowest BCUT2D eigenvalue weighted by Gasteiger charge is -2.41. The summed E-state index contributed by atoms with van der Waals surface area (Å²) in [6.45, 7) is 3.58.